The van der Waals surface area contributed by atoms with Crippen LogP contribution in [-0.4, -0.2) is 23.4 Å². The van der Waals surface area contributed by atoms with E-state index in [2.05, 4.69) is 34.7 Å². The van der Waals surface area contributed by atoms with Crippen LogP contribution in [-0.2, 0) is 6.54 Å². The van der Waals surface area contributed by atoms with Gasteiger partial charge in [0.05, 0.1) is 7.11 Å². The first-order valence-corrected chi connectivity index (χ1v) is 7.71. The highest BCUT2D eigenvalue weighted by Gasteiger charge is 2.31. The van der Waals surface area contributed by atoms with Crippen molar-refractivity contribution in [1.82, 2.24) is 15.1 Å². The number of ether oxygens (including phenoxy) is 1. The summed E-state index contributed by atoms with van der Waals surface area (Å²) in [7, 11) is 1.71. The van der Waals surface area contributed by atoms with Gasteiger partial charge in [-0.3, -0.25) is 4.68 Å². The van der Waals surface area contributed by atoms with E-state index >= 15 is 0 Å². The van der Waals surface area contributed by atoms with Crippen LogP contribution in [0.3, 0.4) is 0 Å². The highest BCUT2D eigenvalue weighted by molar-refractivity contribution is 5.30. The molecule has 1 N–H and O–H groups in total. The summed E-state index contributed by atoms with van der Waals surface area (Å²) < 4.78 is 7.22. The van der Waals surface area contributed by atoms with Gasteiger partial charge < -0.3 is 10.1 Å². The molecular formula is C17H23N3O. The molecule has 1 fully saturated rings. The highest BCUT2D eigenvalue weighted by atomic mass is 16.5. The van der Waals surface area contributed by atoms with Gasteiger partial charge in [-0.25, -0.2) is 0 Å². The zero-order chi connectivity index (χ0) is 14.5. The molecule has 1 aliphatic carbocycles. The van der Waals surface area contributed by atoms with Gasteiger partial charge in [-0.1, -0.05) is 12.1 Å². The van der Waals surface area contributed by atoms with Crippen molar-refractivity contribution in [3.8, 4) is 5.75 Å². The molecule has 1 saturated carbocycles. The van der Waals surface area contributed by atoms with Gasteiger partial charge in [-0.05, 0) is 55.5 Å². The molecule has 0 spiro atoms. The second kappa shape index (κ2) is 6.76. The van der Waals surface area contributed by atoms with Crippen LogP contribution in [0.15, 0.2) is 42.7 Å². The quantitative estimate of drug-likeness (QED) is 0.758. The van der Waals surface area contributed by atoms with E-state index in [-0.39, 0.29) is 0 Å². The monoisotopic (exact) mass is 285 g/mol. The van der Waals surface area contributed by atoms with E-state index in [1.54, 1.807) is 7.11 Å². The van der Waals surface area contributed by atoms with E-state index in [1.165, 1.54) is 18.4 Å². The lowest BCUT2D eigenvalue weighted by Crippen LogP contribution is -2.25. The van der Waals surface area contributed by atoms with E-state index in [0.29, 0.717) is 6.04 Å². The first kappa shape index (κ1) is 14.1. The van der Waals surface area contributed by atoms with Crippen LogP contribution in [0.4, 0.5) is 0 Å². The average Bonchev–Trinajstić information content (AvgIpc) is 3.23. The minimum absolute atomic E-state index is 0.480. The third-order valence-electron chi connectivity index (χ3n) is 4.06. The Hall–Kier alpha value is -1.81. The molecule has 21 heavy (non-hydrogen) atoms. The minimum atomic E-state index is 0.480. The molecule has 1 aromatic carbocycles. The van der Waals surface area contributed by atoms with Crippen LogP contribution in [0.5, 0.6) is 5.75 Å². The lowest BCUT2D eigenvalue weighted by atomic mass is 10.0. The fourth-order valence-electron chi connectivity index (χ4n) is 2.73. The largest absolute Gasteiger partial charge is 0.497 e. The molecule has 4 nitrogen and oxygen atoms in total. The van der Waals surface area contributed by atoms with E-state index in [4.69, 9.17) is 4.74 Å². The third-order valence-corrected chi connectivity index (χ3v) is 4.06. The lowest BCUT2D eigenvalue weighted by Gasteiger charge is -2.19. The average molecular weight is 285 g/mol. The molecule has 0 radical (unpaired) electrons. The third kappa shape index (κ3) is 3.85. The molecule has 1 unspecified atom stereocenters. The summed E-state index contributed by atoms with van der Waals surface area (Å²) in [5.41, 5.74) is 1.37. The molecule has 4 heteroatoms. The molecule has 1 aromatic heterocycles. The van der Waals surface area contributed by atoms with Gasteiger partial charge in [0.15, 0.2) is 0 Å². The number of rotatable bonds is 8. The molecule has 0 saturated heterocycles. The second-order valence-electron chi connectivity index (χ2n) is 5.67. The summed E-state index contributed by atoms with van der Waals surface area (Å²) in [5, 5.41) is 7.95. The van der Waals surface area contributed by atoms with Crippen molar-refractivity contribution in [2.45, 2.75) is 31.8 Å². The molecule has 0 amide bonds. The Balaban J connectivity index is 1.52. The number of aryl methyl sites for hydroxylation is 1. The Morgan fingerprint density at radius 3 is 2.76 bits per heavy atom. The van der Waals surface area contributed by atoms with Crippen LogP contribution in [0.1, 0.15) is 30.9 Å². The van der Waals surface area contributed by atoms with Crippen LogP contribution >= 0.6 is 0 Å². The fourth-order valence-corrected chi connectivity index (χ4v) is 2.73. The summed E-state index contributed by atoms with van der Waals surface area (Å²) in [6, 6.07) is 10.9. The van der Waals surface area contributed by atoms with Crippen molar-refractivity contribution < 1.29 is 4.74 Å². The predicted octanol–water partition coefficient (Wildman–Crippen LogP) is 3.02. The second-order valence-corrected chi connectivity index (χ2v) is 5.67. The summed E-state index contributed by atoms with van der Waals surface area (Å²) in [6.07, 6.45) is 7.62. The molecule has 2 aromatic rings. The number of nitrogens with one attached hydrogen (secondary N) is 1. The number of hydrogen-bond donors (Lipinski definition) is 1. The minimum Gasteiger partial charge on any atom is -0.497 e. The van der Waals surface area contributed by atoms with Gasteiger partial charge >= 0.3 is 0 Å². The Labute approximate surface area is 126 Å². The smallest absolute Gasteiger partial charge is 0.118 e. The molecule has 1 atom stereocenters. The molecule has 1 heterocycles. The van der Waals surface area contributed by atoms with Gasteiger partial charge in [0.1, 0.15) is 5.75 Å². The summed E-state index contributed by atoms with van der Waals surface area (Å²) in [6.45, 7) is 1.99. The van der Waals surface area contributed by atoms with Crippen molar-refractivity contribution in [3.63, 3.8) is 0 Å². The zero-order valence-electron chi connectivity index (χ0n) is 12.5. The van der Waals surface area contributed by atoms with E-state index < -0.39 is 0 Å². The molecule has 112 valence electrons. The van der Waals surface area contributed by atoms with Gasteiger partial charge in [-0.15, -0.1) is 0 Å². The van der Waals surface area contributed by atoms with Crippen molar-refractivity contribution in [2.24, 2.45) is 5.92 Å². The zero-order valence-corrected chi connectivity index (χ0v) is 12.5. The van der Waals surface area contributed by atoms with Crippen molar-refractivity contribution in [1.29, 1.82) is 0 Å². The van der Waals surface area contributed by atoms with E-state index in [0.717, 1.165) is 31.2 Å². The standard InChI is InChI=1S/C17H23N3O/c1-21-16-8-6-15(7-9-16)17(14-4-5-14)18-10-2-12-20-13-3-11-19-20/h3,6-9,11,13-14,17-18H,2,4-5,10,12H2,1H3. The topological polar surface area (TPSA) is 39.1 Å². The van der Waals surface area contributed by atoms with Crippen LogP contribution in [0, 0.1) is 5.92 Å². The highest BCUT2D eigenvalue weighted by Crippen LogP contribution is 2.41. The number of benzene rings is 1. The maximum Gasteiger partial charge on any atom is 0.118 e. The predicted molar refractivity (Wildman–Crippen MR) is 83.3 cm³/mol. The van der Waals surface area contributed by atoms with Gasteiger partial charge in [0.2, 0.25) is 0 Å². The van der Waals surface area contributed by atoms with Gasteiger partial charge in [0, 0.05) is 25.0 Å². The fraction of sp³-hybridized carbons (Fsp3) is 0.471. The summed E-state index contributed by atoms with van der Waals surface area (Å²) >= 11 is 0. The van der Waals surface area contributed by atoms with Gasteiger partial charge in [0.25, 0.3) is 0 Å². The number of hydrogen-bond acceptors (Lipinski definition) is 3. The SMILES string of the molecule is COc1ccc(C(NCCCn2cccn2)C2CC2)cc1. The Bertz CT molecular complexity index is 532. The number of methoxy groups -OCH3 is 1. The molecule has 0 bridgehead atoms. The van der Waals surface area contributed by atoms with Crippen molar-refractivity contribution >= 4 is 0 Å². The normalized spacial score (nSPS) is 15.9. The first-order chi connectivity index (χ1) is 10.4. The Kier molecular flexibility index (Phi) is 4.55. The van der Waals surface area contributed by atoms with Crippen molar-refractivity contribution in [3.05, 3.63) is 48.3 Å². The van der Waals surface area contributed by atoms with Crippen LogP contribution in [0.2, 0.25) is 0 Å². The van der Waals surface area contributed by atoms with Crippen molar-refractivity contribution in [2.75, 3.05) is 13.7 Å². The molecular weight excluding hydrogens is 262 g/mol. The maximum absolute atomic E-state index is 5.23. The lowest BCUT2D eigenvalue weighted by molar-refractivity contribution is 0.413. The maximum atomic E-state index is 5.23. The molecule has 3 rings (SSSR count). The summed E-state index contributed by atoms with van der Waals surface area (Å²) in [5.74, 6) is 1.72. The van der Waals surface area contributed by atoms with Gasteiger partial charge in [-0.2, -0.15) is 5.10 Å². The summed E-state index contributed by atoms with van der Waals surface area (Å²) in [4.78, 5) is 0. The number of nitrogens with zero attached hydrogens (tertiary/aromatic N) is 2. The molecule has 0 aliphatic heterocycles. The first-order valence-electron chi connectivity index (χ1n) is 7.71. The van der Waals surface area contributed by atoms with Crippen LogP contribution < -0.4 is 10.1 Å². The van der Waals surface area contributed by atoms with E-state index in [1.807, 2.05) is 23.1 Å². The Morgan fingerprint density at radius 1 is 1.33 bits per heavy atom. The van der Waals surface area contributed by atoms with E-state index in [9.17, 15) is 0 Å². The Morgan fingerprint density at radius 2 is 2.14 bits per heavy atom. The van der Waals surface area contributed by atoms with Crippen LogP contribution in [0.25, 0.3) is 0 Å². The molecule has 1 aliphatic rings. The number of aromatic nitrogens is 2.